The Morgan fingerprint density at radius 1 is 1.03 bits per heavy atom. The number of aromatic amines is 1. The van der Waals surface area contributed by atoms with Gasteiger partial charge in [-0.15, -0.1) is 0 Å². The van der Waals surface area contributed by atoms with Crippen molar-refractivity contribution in [3.63, 3.8) is 0 Å². The third kappa shape index (κ3) is 6.76. The van der Waals surface area contributed by atoms with E-state index >= 15 is 0 Å². The normalized spacial score (nSPS) is 18.0. The van der Waals surface area contributed by atoms with Crippen molar-refractivity contribution in [2.24, 2.45) is 0 Å². The molecule has 0 spiro atoms. The lowest BCUT2D eigenvalue weighted by Crippen LogP contribution is -2.36. The highest BCUT2D eigenvalue weighted by atomic mass is 16.8. The third-order valence-electron chi connectivity index (χ3n) is 6.86. The van der Waals surface area contributed by atoms with Crippen molar-refractivity contribution in [3.05, 3.63) is 83.3 Å². The average Bonchev–Trinajstić information content (AvgIpc) is 3.40. The molecule has 0 aliphatic carbocycles. The summed E-state index contributed by atoms with van der Waals surface area (Å²) in [5.41, 5.74) is 6.54. The number of likely N-dealkylation sites (tertiary alicyclic amines) is 1. The number of imidazole rings is 1. The van der Waals surface area contributed by atoms with Gasteiger partial charge in [-0.05, 0) is 49.3 Å². The van der Waals surface area contributed by atoms with Crippen LogP contribution in [-0.2, 0) is 20.8 Å². The summed E-state index contributed by atoms with van der Waals surface area (Å²) in [7, 11) is 0. The van der Waals surface area contributed by atoms with E-state index in [0.717, 1.165) is 67.7 Å². The van der Waals surface area contributed by atoms with E-state index in [1.54, 1.807) is 6.08 Å². The van der Waals surface area contributed by atoms with Crippen LogP contribution in [0.15, 0.2) is 60.7 Å². The number of nitrogens with zero attached hydrogens (tertiary/aromatic N) is 2. The smallest absolute Gasteiger partial charge is 0.272 e. The Balaban J connectivity index is 1.24. The van der Waals surface area contributed by atoms with Crippen LogP contribution in [0.2, 0.25) is 0 Å². The minimum absolute atomic E-state index is 0.0140. The molecule has 2 aliphatic heterocycles. The van der Waals surface area contributed by atoms with Gasteiger partial charge in [0, 0.05) is 44.2 Å². The van der Waals surface area contributed by atoms with Crippen LogP contribution in [0.4, 0.5) is 0 Å². The van der Waals surface area contributed by atoms with Gasteiger partial charge in [0.05, 0.1) is 0 Å². The number of aromatic nitrogens is 2. The molecule has 2 fully saturated rings. The monoisotopic (exact) mass is 514 g/mol. The van der Waals surface area contributed by atoms with E-state index in [2.05, 4.69) is 10.5 Å². The molecule has 0 saturated carbocycles. The molecular weight excluding hydrogens is 480 g/mol. The minimum Gasteiger partial charge on any atom is -0.350 e. The van der Waals surface area contributed by atoms with Gasteiger partial charge in [0.2, 0.25) is 0 Å². The number of hydrogen-bond donors (Lipinski definition) is 2. The van der Waals surface area contributed by atoms with Crippen molar-refractivity contribution in [1.29, 1.82) is 0 Å². The molecule has 1 atom stereocenters. The van der Waals surface area contributed by atoms with E-state index < -0.39 is 0 Å². The first-order valence-electron chi connectivity index (χ1n) is 13.4. The maximum absolute atomic E-state index is 13.4. The van der Waals surface area contributed by atoms with Crippen molar-refractivity contribution >= 4 is 17.9 Å². The molecule has 3 heterocycles. The molecular formula is C30H34N4O4. The zero-order valence-corrected chi connectivity index (χ0v) is 21.5. The molecule has 2 aliphatic rings. The largest absolute Gasteiger partial charge is 0.350 e. The van der Waals surface area contributed by atoms with Crippen LogP contribution in [0.5, 0.6) is 0 Å². The highest BCUT2D eigenvalue weighted by Crippen LogP contribution is 2.25. The summed E-state index contributed by atoms with van der Waals surface area (Å²) >= 11 is 0. The fourth-order valence-electron chi connectivity index (χ4n) is 4.79. The van der Waals surface area contributed by atoms with Crippen molar-refractivity contribution in [3.8, 4) is 11.3 Å². The van der Waals surface area contributed by atoms with Gasteiger partial charge < -0.3 is 14.6 Å². The van der Waals surface area contributed by atoms with E-state index in [0.29, 0.717) is 24.4 Å². The van der Waals surface area contributed by atoms with Crippen LogP contribution in [0.3, 0.4) is 0 Å². The number of piperidine rings is 1. The summed E-state index contributed by atoms with van der Waals surface area (Å²) in [5.74, 6) is 0.423. The molecule has 0 bridgehead atoms. The van der Waals surface area contributed by atoms with Crippen LogP contribution in [-0.4, -0.2) is 52.7 Å². The Hall–Kier alpha value is -3.75. The Kier molecular flexibility index (Phi) is 8.63. The van der Waals surface area contributed by atoms with Gasteiger partial charge in [0.1, 0.15) is 17.2 Å². The Labute approximate surface area is 223 Å². The molecule has 198 valence electrons. The first-order valence-corrected chi connectivity index (χ1v) is 13.4. The number of hydrogen-bond acceptors (Lipinski definition) is 5. The van der Waals surface area contributed by atoms with Gasteiger partial charge in [0.25, 0.3) is 11.8 Å². The van der Waals surface area contributed by atoms with Crippen molar-refractivity contribution in [1.82, 2.24) is 20.3 Å². The second-order valence-corrected chi connectivity index (χ2v) is 9.76. The highest BCUT2D eigenvalue weighted by Gasteiger charge is 2.25. The zero-order chi connectivity index (χ0) is 26.2. The maximum Gasteiger partial charge on any atom is 0.272 e. The topological polar surface area (TPSA) is 96.6 Å². The average molecular weight is 515 g/mol. The standard InChI is InChI=1S/C30H34N4O4/c35-26(33-38-27-11-5-8-20-37-27)17-16-22-12-14-23(15-13-22)21-25-31-28(24-9-3-1-4-10-24)29(32-25)30(36)34-18-6-2-7-19-34/h1,3-4,9-10,12-17,27H,2,5-8,11,18-21H2,(H,31,32)(H,33,35). The van der Waals surface area contributed by atoms with Gasteiger partial charge in [0.15, 0.2) is 6.29 Å². The highest BCUT2D eigenvalue weighted by molar-refractivity contribution is 5.98. The van der Waals surface area contributed by atoms with Gasteiger partial charge >= 0.3 is 0 Å². The van der Waals surface area contributed by atoms with Crippen LogP contribution in [0.25, 0.3) is 17.3 Å². The molecule has 8 heteroatoms. The number of H-pyrrole nitrogens is 1. The molecule has 0 radical (unpaired) electrons. The summed E-state index contributed by atoms with van der Waals surface area (Å²) < 4.78 is 5.44. The third-order valence-corrected chi connectivity index (χ3v) is 6.86. The Morgan fingerprint density at radius 3 is 2.55 bits per heavy atom. The Morgan fingerprint density at radius 2 is 1.82 bits per heavy atom. The molecule has 38 heavy (non-hydrogen) atoms. The second kappa shape index (κ2) is 12.7. The lowest BCUT2D eigenvalue weighted by Gasteiger charge is -2.26. The molecule has 2 N–H and O–H groups in total. The van der Waals surface area contributed by atoms with Crippen LogP contribution >= 0.6 is 0 Å². The number of benzene rings is 2. The number of amides is 2. The molecule has 8 nitrogen and oxygen atoms in total. The molecule has 5 rings (SSSR count). The number of ether oxygens (including phenoxy) is 1. The second-order valence-electron chi connectivity index (χ2n) is 9.76. The quantitative estimate of drug-likeness (QED) is 0.330. The fraction of sp³-hybridized carbons (Fsp3) is 0.367. The maximum atomic E-state index is 13.4. The van der Waals surface area contributed by atoms with Gasteiger partial charge in [-0.2, -0.15) is 0 Å². The van der Waals surface area contributed by atoms with Crippen molar-refractivity contribution < 1.29 is 19.2 Å². The zero-order valence-electron chi connectivity index (χ0n) is 21.5. The first kappa shape index (κ1) is 25.9. The lowest BCUT2D eigenvalue weighted by molar-refractivity contribution is -0.198. The lowest BCUT2D eigenvalue weighted by atomic mass is 10.1. The summed E-state index contributed by atoms with van der Waals surface area (Å²) in [6.45, 7) is 2.23. The van der Waals surface area contributed by atoms with Gasteiger partial charge in [-0.1, -0.05) is 54.6 Å². The van der Waals surface area contributed by atoms with Crippen LogP contribution in [0.1, 0.15) is 66.0 Å². The van der Waals surface area contributed by atoms with Crippen LogP contribution in [0, 0.1) is 0 Å². The van der Waals surface area contributed by atoms with E-state index in [1.807, 2.05) is 59.5 Å². The number of nitrogens with one attached hydrogen (secondary N) is 2. The number of carbonyl (C=O) groups excluding carboxylic acids is 2. The van der Waals surface area contributed by atoms with Crippen molar-refractivity contribution in [2.75, 3.05) is 19.7 Å². The fourth-order valence-corrected chi connectivity index (χ4v) is 4.79. The predicted octanol–water partition coefficient (Wildman–Crippen LogP) is 4.88. The van der Waals surface area contributed by atoms with E-state index in [9.17, 15) is 9.59 Å². The molecule has 3 aromatic rings. The van der Waals surface area contributed by atoms with Gasteiger partial charge in [-0.25, -0.2) is 15.3 Å². The predicted molar refractivity (Wildman–Crippen MR) is 145 cm³/mol. The summed E-state index contributed by atoms with van der Waals surface area (Å²) in [5, 5.41) is 0. The number of rotatable bonds is 8. The molecule has 2 aromatic carbocycles. The summed E-state index contributed by atoms with van der Waals surface area (Å²) in [6.07, 6.45) is 9.45. The Bertz CT molecular complexity index is 1240. The first-order chi connectivity index (χ1) is 18.7. The van der Waals surface area contributed by atoms with Crippen LogP contribution < -0.4 is 5.48 Å². The molecule has 1 aromatic heterocycles. The van der Waals surface area contributed by atoms with Crippen molar-refractivity contribution in [2.45, 2.75) is 51.2 Å². The molecule has 2 amide bonds. The van der Waals surface area contributed by atoms with E-state index in [4.69, 9.17) is 14.6 Å². The number of hydroxylamine groups is 1. The molecule has 2 saturated heterocycles. The minimum atomic E-state index is -0.375. The van der Waals surface area contributed by atoms with E-state index in [1.165, 1.54) is 12.5 Å². The number of carbonyl (C=O) groups is 2. The molecule has 1 unspecified atom stereocenters. The SMILES string of the molecule is O=C(C=Cc1ccc(Cc2nc(-c3ccccc3)c(C(=O)N3CCCCC3)[nH]2)cc1)NOC1CCCCO1. The summed E-state index contributed by atoms with van der Waals surface area (Å²) in [6, 6.07) is 17.7. The van der Waals surface area contributed by atoms with E-state index in [-0.39, 0.29) is 18.1 Å². The van der Waals surface area contributed by atoms with Gasteiger partial charge in [-0.3, -0.25) is 9.59 Å². The summed E-state index contributed by atoms with van der Waals surface area (Å²) in [4.78, 5) is 40.8.